The van der Waals surface area contributed by atoms with E-state index in [0.717, 1.165) is 31.0 Å². The number of hydrogen-bond acceptors (Lipinski definition) is 6. The van der Waals surface area contributed by atoms with Crippen molar-refractivity contribution >= 4 is 11.7 Å². The molecule has 0 bridgehead atoms. The Hall–Kier alpha value is -2.51. The van der Waals surface area contributed by atoms with Crippen molar-refractivity contribution in [3.05, 3.63) is 30.5 Å². The number of carbonyl (C=O) groups is 1. The summed E-state index contributed by atoms with van der Waals surface area (Å²) in [4.78, 5) is 23.5. The Morgan fingerprint density at radius 2 is 2.08 bits per heavy atom. The smallest absolute Gasteiger partial charge is 0.223 e. The molecule has 1 aliphatic carbocycles. The van der Waals surface area contributed by atoms with Crippen molar-refractivity contribution in [3.8, 4) is 0 Å². The van der Waals surface area contributed by atoms with Crippen LogP contribution in [0.15, 0.2) is 24.7 Å². The zero-order valence-electron chi connectivity index (χ0n) is 15.5. The number of rotatable bonds is 4. The maximum Gasteiger partial charge on any atom is 0.223 e. The Bertz CT molecular complexity index is 781. The van der Waals surface area contributed by atoms with Crippen LogP contribution in [0.25, 0.3) is 0 Å². The van der Waals surface area contributed by atoms with Crippen LogP contribution in [-0.4, -0.2) is 50.0 Å². The molecule has 1 aliphatic heterocycles. The normalized spacial score (nSPS) is 25.1. The molecule has 2 aromatic heterocycles. The van der Waals surface area contributed by atoms with Crippen LogP contribution >= 0.6 is 0 Å². The largest absolute Gasteiger partial charge is 0.352 e. The Kier molecular flexibility index (Phi) is 4.13. The summed E-state index contributed by atoms with van der Waals surface area (Å²) in [5, 5.41) is 11.3. The molecule has 0 unspecified atom stereocenters. The van der Waals surface area contributed by atoms with Crippen LogP contribution in [-0.2, 0) is 4.79 Å². The number of carbonyl (C=O) groups excluding carboxylic acids is 1. The van der Waals surface area contributed by atoms with Gasteiger partial charge < -0.3 is 10.2 Å². The summed E-state index contributed by atoms with van der Waals surface area (Å²) in [5.41, 5.74) is 0.285. The summed E-state index contributed by atoms with van der Waals surface area (Å²) < 4.78 is 1.84. The standard InChI is InChI=1S/C18H25N7O/c1-12-19-5-4-16(21-12)24-10-14(15(11-24)25-7-6-20-23-25)22-17(26)13-8-18(2,3)9-13/h4-7,13-15H,8-11H2,1-3H3,(H,22,26)/t14-,15+/m1/s1. The molecule has 2 atom stereocenters. The first kappa shape index (κ1) is 16.9. The fourth-order valence-corrected chi connectivity index (χ4v) is 4.16. The molecule has 26 heavy (non-hydrogen) atoms. The minimum atomic E-state index is -0.0248. The molecule has 2 fully saturated rings. The van der Waals surface area contributed by atoms with Gasteiger partial charge in [0.05, 0.1) is 18.3 Å². The van der Waals surface area contributed by atoms with E-state index in [1.807, 2.05) is 23.9 Å². The first-order valence-electron chi connectivity index (χ1n) is 9.12. The summed E-state index contributed by atoms with van der Waals surface area (Å²) in [5.74, 6) is 1.89. The number of aromatic nitrogens is 5. The molecule has 1 saturated carbocycles. The number of hydrogen-bond donors (Lipinski definition) is 1. The van der Waals surface area contributed by atoms with Gasteiger partial charge >= 0.3 is 0 Å². The van der Waals surface area contributed by atoms with Crippen LogP contribution < -0.4 is 10.2 Å². The van der Waals surface area contributed by atoms with Crippen LogP contribution in [0.5, 0.6) is 0 Å². The lowest BCUT2D eigenvalue weighted by molar-refractivity contribution is -0.132. The van der Waals surface area contributed by atoms with Gasteiger partial charge in [0.2, 0.25) is 5.91 Å². The third-order valence-corrected chi connectivity index (χ3v) is 5.45. The molecule has 0 spiro atoms. The summed E-state index contributed by atoms with van der Waals surface area (Å²) in [7, 11) is 0. The van der Waals surface area contributed by atoms with E-state index in [1.165, 1.54) is 0 Å². The van der Waals surface area contributed by atoms with Crippen LogP contribution in [0.4, 0.5) is 5.82 Å². The van der Waals surface area contributed by atoms with E-state index in [1.54, 1.807) is 12.4 Å². The third kappa shape index (κ3) is 3.27. The number of amides is 1. The second-order valence-electron chi connectivity index (χ2n) is 8.20. The summed E-state index contributed by atoms with van der Waals surface area (Å²) in [6, 6.07) is 1.91. The molecule has 3 heterocycles. The average Bonchev–Trinajstić information content (AvgIpc) is 3.21. The van der Waals surface area contributed by atoms with Gasteiger partial charge in [0.25, 0.3) is 0 Å². The van der Waals surface area contributed by atoms with Gasteiger partial charge in [0.15, 0.2) is 0 Å². The van der Waals surface area contributed by atoms with Gasteiger partial charge in [-0.3, -0.25) is 4.79 Å². The molecule has 4 rings (SSSR count). The van der Waals surface area contributed by atoms with Crippen molar-refractivity contribution in [2.75, 3.05) is 18.0 Å². The minimum Gasteiger partial charge on any atom is -0.352 e. The highest BCUT2D eigenvalue weighted by Crippen LogP contribution is 2.44. The summed E-state index contributed by atoms with van der Waals surface area (Å²) in [6.45, 7) is 7.73. The second kappa shape index (κ2) is 6.34. The first-order chi connectivity index (χ1) is 12.4. The number of aryl methyl sites for hydroxylation is 1. The van der Waals surface area contributed by atoms with Crippen molar-refractivity contribution in [1.82, 2.24) is 30.3 Å². The molecule has 2 aromatic rings. The van der Waals surface area contributed by atoms with Crippen molar-refractivity contribution in [1.29, 1.82) is 0 Å². The topological polar surface area (TPSA) is 88.8 Å². The molecule has 138 valence electrons. The van der Waals surface area contributed by atoms with Crippen LogP contribution in [0.1, 0.15) is 38.6 Å². The van der Waals surface area contributed by atoms with Crippen molar-refractivity contribution in [2.45, 2.75) is 45.7 Å². The average molecular weight is 355 g/mol. The second-order valence-corrected chi connectivity index (χ2v) is 8.20. The Balaban J connectivity index is 1.50. The third-order valence-electron chi connectivity index (χ3n) is 5.45. The Morgan fingerprint density at radius 1 is 1.27 bits per heavy atom. The first-order valence-corrected chi connectivity index (χ1v) is 9.12. The molecule has 1 saturated heterocycles. The van der Waals surface area contributed by atoms with E-state index >= 15 is 0 Å². The lowest BCUT2D eigenvalue weighted by Crippen LogP contribution is -2.48. The van der Waals surface area contributed by atoms with E-state index in [2.05, 4.69) is 44.3 Å². The Labute approximate surface area is 153 Å². The lowest BCUT2D eigenvalue weighted by Gasteiger charge is -2.42. The van der Waals surface area contributed by atoms with Crippen molar-refractivity contribution in [2.24, 2.45) is 11.3 Å². The van der Waals surface area contributed by atoms with E-state index in [0.29, 0.717) is 6.54 Å². The molecule has 1 N–H and O–H groups in total. The van der Waals surface area contributed by atoms with Crippen LogP contribution in [0.3, 0.4) is 0 Å². The predicted molar refractivity (Wildman–Crippen MR) is 96.5 cm³/mol. The van der Waals surface area contributed by atoms with Crippen molar-refractivity contribution < 1.29 is 4.79 Å². The lowest BCUT2D eigenvalue weighted by atomic mass is 9.64. The highest BCUT2D eigenvalue weighted by molar-refractivity contribution is 5.80. The van der Waals surface area contributed by atoms with Gasteiger partial charge in [0.1, 0.15) is 11.6 Å². The highest BCUT2D eigenvalue weighted by Gasteiger charge is 2.43. The fraction of sp³-hybridized carbons (Fsp3) is 0.611. The van der Waals surface area contributed by atoms with Crippen LogP contribution in [0, 0.1) is 18.3 Å². The molecule has 8 heteroatoms. The number of nitrogens with one attached hydrogen (secondary N) is 1. The summed E-state index contributed by atoms with van der Waals surface area (Å²) in [6.07, 6.45) is 7.20. The van der Waals surface area contributed by atoms with E-state index < -0.39 is 0 Å². The minimum absolute atomic E-state index is 0.0248. The predicted octanol–water partition coefficient (Wildman–Crippen LogP) is 1.36. The molecule has 1 amide bonds. The van der Waals surface area contributed by atoms with Crippen molar-refractivity contribution in [3.63, 3.8) is 0 Å². The maximum absolute atomic E-state index is 12.7. The van der Waals surface area contributed by atoms with E-state index in [9.17, 15) is 4.79 Å². The zero-order chi connectivity index (χ0) is 18.3. The van der Waals surface area contributed by atoms with Gasteiger partial charge in [-0.2, -0.15) is 0 Å². The number of anilines is 1. The van der Waals surface area contributed by atoms with Gasteiger partial charge in [-0.1, -0.05) is 19.1 Å². The van der Waals surface area contributed by atoms with Gasteiger partial charge in [-0.15, -0.1) is 5.10 Å². The molecule has 0 radical (unpaired) electrons. The molecule has 0 aromatic carbocycles. The van der Waals surface area contributed by atoms with Gasteiger partial charge in [-0.05, 0) is 31.2 Å². The molecule has 8 nitrogen and oxygen atoms in total. The monoisotopic (exact) mass is 355 g/mol. The SMILES string of the molecule is Cc1nccc(N2C[C@@H](NC(=O)C3CC(C)(C)C3)[C@@H](n3ccnn3)C2)n1. The highest BCUT2D eigenvalue weighted by atomic mass is 16.2. The van der Waals surface area contributed by atoms with Gasteiger partial charge in [0, 0.05) is 31.4 Å². The quantitative estimate of drug-likeness (QED) is 0.891. The fourth-order valence-electron chi connectivity index (χ4n) is 4.16. The molecular weight excluding hydrogens is 330 g/mol. The molecule has 2 aliphatic rings. The number of nitrogens with zero attached hydrogens (tertiary/aromatic N) is 6. The Morgan fingerprint density at radius 3 is 2.73 bits per heavy atom. The van der Waals surface area contributed by atoms with E-state index in [4.69, 9.17) is 0 Å². The summed E-state index contributed by atoms with van der Waals surface area (Å²) >= 11 is 0. The van der Waals surface area contributed by atoms with Crippen LogP contribution in [0.2, 0.25) is 0 Å². The zero-order valence-corrected chi connectivity index (χ0v) is 15.5. The molecular formula is C18H25N7O. The van der Waals surface area contributed by atoms with Gasteiger partial charge in [-0.25, -0.2) is 14.6 Å². The maximum atomic E-state index is 12.7. The van der Waals surface area contributed by atoms with E-state index in [-0.39, 0.29) is 29.3 Å².